The molecule has 9 heteroatoms. The van der Waals surface area contributed by atoms with Crippen molar-refractivity contribution >= 4 is 23.9 Å². The molecule has 1 amide bonds. The van der Waals surface area contributed by atoms with Gasteiger partial charge in [-0.1, -0.05) is 6.07 Å². The summed E-state index contributed by atoms with van der Waals surface area (Å²) < 4.78 is 28.2. The first-order valence-corrected chi connectivity index (χ1v) is 8.34. The molecule has 2 heterocycles. The molecule has 0 bridgehead atoms. The molecule has 0 atom stereocenters. The van der Waals surface area contributed by atoms with Crippen LogP contribution in [0.4, 0.5) is 14.6 Å². The summed E-state index contributed by atoms with van der Waals surface area (Å²) in [4.78, 5) is 35.4. The average Bonchev–Trinajstić information content (AvgIpc) is 2.94. The number of carbonyl (C=O) groups is 2. The van der Waals surface area contributed by atoms with E-state index in [1.165, 1.54) is 12.3 Å². The van der Waals surface area contributed by atoms with Crippen LogP contribution in [0.5, 0.6) is 0 Å². The summed E-state index contributed by atoms with van der Waals surface area (Å²) in [6, 6.07) is 3.44. The van der Waals surface area contributed by atoms with E-state index in [9.17, 15) is 18.4 Å². The Bertz CT molecular complexity index is 967. The van der Waals surface area contributed by atoms with E-state index in [2.05, 4.69) is 20.3 Å². The maximum atomic E-state index is 14.1. The predicted octanol–water partition coefficient (Wildman–Crippen LogP) is 2.48. The molecule has 2 aliphatic rings. The molecule has 2 N–H and O–H groups in total. The Morgan fingerprint density at radius 3 is 2.59 bits per heavy atom. The number of nitrogens with one attached hydrogen (secondary N) is 1. The van der Waals surface area contributed by atoms with Crippen LogP contribution in [0, 0.1) is 23.5 Å². The summed E-state index contributed by atoms with van der Waals surface area (Å²) in [5.41, 5.74) is 0.100. The number of aliphatic carboxylic acids is 1. The van der Waals surface area contributed by atoms with Crippen molar-refractivity contribution in [1.29, 1.82) is 0 Å². The summed E-state index contributed by atoms with van der Waals surface area (Å²) in [7, 11) is 0. The van der Waals surface area contributed by atoms with Gasteiger partial charge in [0.15, 0.2) is 11.6 Å². The number of rotatable bonds is 4. The Labute approximate surface area is 152 Å². The molecule has 138 valence electrons. The average molecular weight is 372 g/mol. The predicted molar refractivity (Wildman–Crippen MR) is 90.6 cm³/mol. The molecule has 0 saturated heterocycles. The number of carboxylic acid groups (broad SMARTS) is 1. The van der Waals surface area contributed by atoms with Crippen molar-refractivity contribution in [2.75, 3.05) is 0 Å². The zero-order valence-corrected chi connectivity index (χ0v) is 13.9. The van der Waals surface area contributed by atoms with Crippen molar-refractivity contribution in [1.82, 2.24) is 15.3 Å². The minimum absolute atomic E-state index is 0.0198. The van der Waals surface area contributed by atoms with Gasteiger partial charge in [0.25, 0.3) is 5.91 Å². The van der Waals surface area contributed by atoms with Gasteiger partial charge >= 0.3 is 5.97 Å². The maximum Gasteiger partial charge on any atom is 0.306 e. The number of amides is 1. The normalized spacial score (nSPS) is 21.0. The van der Waals surface area contributed by atoms with E-state index in [-0.39, 0.29) is 35.2 Å². The molecule has 2 aromatic rings. The second-order valence-electron chi connectivity index (χ2n) is 6.52. The summed E-state index contributed by atoms with van der Waals surface area (Å²) in [5, 5.41) is 11.5. The number of halogens is 2. The van der Waals surface area contributed by atoms with Gasteiger partial charge in [0.1, 0.15) is 17.2 Å². The number of aromatic nitrogens is 2. The quantitative estimate of drug-likeness (QED) is 0.803. The molecule has 1 fully saturated rings. The van der Waals surface area contributed by atoms with E-state index in [0.717, 1.165) is 12.1 Å². The highest BCUT2D eigenvalue weighted by Crippen LogP contribution is 2.34. The van der Waals surface area contributed by atoms with Crippen molar-refractivity contribution < 1.29 is 23.5 Å². The first-order chi connectivity index (χ1) is 12.9. The van der Waals surface area contributed by atoms with E-state index >= 15 is 0 Å². The standard InChI is InChI=1S/C18H14F2N4O3/c19-10-2-1-3-11(20)13(10)16-23-12-7-22-17(25)14(12)15(24-16)21-6-8-4-9(5-8)18(26)27/h1-3,6,8-9H,4-5,7H2,(H,22,25)(H,26,27). The number of aliphatic imine (C=N–C) groups is 1. The van der Waals surface area contributed by atoms with Crippen molar-refractivity contribution in [2.24, 2.45) is 16.8 Å². The van der Waals surface area contributed by atoms with Crippen molar-refractivity contribution in [3.05, 3.63) is 41.1 Å². The Kier molecular flexibility index (Phi) is 4.14. The number of nitrogens with zero attached hydrogens (tertiary/aromatic N) is 3. The van der Waals surface area contributed by atoms with Gasteiger partial charge in [0, 0.05) is 6.21 Å². The van der Waals surface area contributed by atoms with Crippen molar-refractivity contribution in [3.63, 3.8) is 0 Å². The topological polar surface area (TPSA) is 105 Å². The van der Waals surface area contributed by atoms with Gasteiger partial charge < -0.3 is 10.4 Å². The molecule has 0 radical (unpaired) electrons. The van der Waals surface area contributed by atoms with Crippen LogP contribution in [0.2, 0.25) is 0 Å². The smallest absolute Gasteiger partial charge is 0.306 e. The van der Waals surface area contributed by atoms with Crippen molar-refractivity contribution in [3.8, 4) is 11.4 Å². The van der Waals surface area contributed by atoms with Crippen LogP contribution in [0.1, 0.15) is 28.9 Å². The van der Waals surface area contributed by atoms with Crippen LogP contribution in [-0.2, 0) is 11.3 Å². The molecule has 7 nitrogen and oxygen atoms in total. The highest BCUT2D eigenvalue weighted by molar-refractivity contribution is 6.02. The molecule has 1 aromatic heterocycles. The van der Waals surface area contributed by atoms with Crippen LogP contribution in [-0.4, -0.2) is 33.2 Å². The largest absolute Gasteiger partial charge is 0.481 e. The number of hydrogen-bond acceptors (Lipinski definition) is 5. The van der Waals surface area contributed by atoms with Crippen LogP contribution in [0.25, 0.3) is 11.4 Å². The zero-order valence-electron chi connectivity index (χ0n) is 13.9. The fourth-order valence-corrected chi connectivity index (χ4v) is 3.18. The summed E-state index contributed by atoms with van der Waals surface area (Å²) in [6.45, 7) is 0.118. The van der Waals surface area contributed by atoms with E-state index in [0.29, 0.717) is 18.5 Å². The summed E-state index contributed by atoms with van der Waals surface area (Å²) in [6.07, 6.45) is 2.44. The van der Waals surface area contributed by atoms with E-state index < -0.39 is 29.4 Å². The van der Waals surface area contributed by atoms with Gasteiger partial charge in [-0.25, -0.2) is 23.7 Å². The molecular formula is C18H14F2N4O3. The first kappa shape index (κ1) is 17.2. The molecular weight excluding hydrogens is 358 g/mol. The minimum Gasteiger partial charge on any atom is -0.481 e. The molecule has 0 spiro atoms. The molecule has 4 rings (SSSR count). The number of carboxylic acids is 1. The van der Waals surface area contributed by atoms with Crippen LogP contribution in [0.15, 0.2) is 23.2 Å². The van der Waals surface area contributed by atoms with Gasteiger partial charge in [-0.05, 0) is 30.9 Å². The SMILES string of the molecule is O=C1NCc2nc(-c3c(F)cccc3F)nc(N=CC3CC(C(=O)O)C3)c21. The number of benzene rings is 1. The Morgan fingerprint density at radius 2 is 1.93 bits per heavy atom. The Hall–Kier alpha value is -3.23. The van der Waals surface area contributed by atoms with Gasteiger partial charge in [-0.15, -0.1) is 0 Å². The van der Waals surface area contributed by atoms with Gasteiger partial charge in [-0.2, -0.15) is 0 Å². The number of carbonyl (C=O) groups excluding carboxylic acids is 1. The van der Waals surface area contributed by atoms with Crippen LogP contribution in [0.3, 0.4) is 0 Å². The Balaban J connectivity index is 1.72. The number of hydrogen-bond donors (Lipinski definition) is 2. The molecule has 1 aliphatic heterocycles. The Morgan fingerprint density at radius 1 is 1.22 bits per heavy atom. The lowest BCUT2D eigenvalue weighted by Gasteiger charge is -2.28. The maximum absolute atomic E-state index is 14.1. The lowest BCUT2D eigenvalue weighted by atomic mass is 9.76. The molecule has 1 aliphatic carbocycles. The first-order valence-electron chi connectivity index (χ1n) is 8.34. The van der Waals surface area contributed by atoms with Gasteiger partial charge in [-0.3, -0.25) is 9.59 Å². The highest BCUT2D eigenvalue weighted by Gasteiger charge is 2.34. The lowest BCUT2D eigenvalue weighted by molar-refractivity contribution is -0.145. The van der Waals surface area contributed by atoms with Gasteiger partial charge in [0.05, 0.1) is 23.7 Å². The second-order valence-corrected chi connectivity index (χ2v) is 6.52. The summed E-state index contributed by atoms with van der Waals surface area (Å²) >= 11 is 0. The van der Waals surface area contributed by atoms with E-state index in [1.54, 1.807) is 0 Å². The van der Waals surface area contributed by atoms with Crippen LogP contribution < -0.4 is 5.32 Å². The molecule has 1 aromatic carbocycles. The van der Waals surface area contributed by atoms with E-state index in [4.69, 9.17) is 5.11 Å². The third kappa shape index (κ3) is 3.05. The monoisotopic (exact) mass is 372 g/mol. The molecule has 0 unspecified atom stereocenters. The zero-order chi connectivity index (χ0) is 19.1. The lowest BCUT2D eigenvalue weighted by Crippen LogP contribution is -2.30. The van der Waals surface area contributed by atoms with Crippen molar-refractivity contribution in [2.45, 2.75) is 19.4 Å². The second kappa shape index (κ2) is 6.49. The molecule has 27 heavy (non-hydrogen) atoms. The fraction of sp³-hybridized carbons (Fsp3) is 0.278. The third-order valence-electron chi connectivity index (χ3n) is 4.73. The highest BCUT2D eigenvalue weighted by atomic mass is 19.1. The van der Waals surface area contributed by atoms with Gasteiger partial charge in [0.2, 0.25) is 0 Å². The summed E-state index contributed by atoms with van der Waals surface area (Å²) in [5.74, 6) is -3.50. The minimum atomic E-state index is -0.848. The van der Waals surface area contributed by atoms with Crippen LogP contribution >= 0.6 is 0 Å². The number of fused-ring (bicyclic) bond motifs is 1. The fourth-order valence-electron chi connectivity index (χ4n) is 3.18. The third-order valence-corrected chi connectivity index (χ3v) is 4.73. The van der Waals surface area contributed by atoms with E-state index in [1.807, 2.05) is 0 Å². The molecule has 1 saturated carbocycles.